The number of hydrogen-bond acceptors (Lipinski definition) is 3. The molecule has 2 N–H and O–H groups in total. The van der Waals surface area contributed by atoms with Gasteiger partial charge in [0.1, 0.15) is 11.3 Å². The Kier molecular flexibility index (Phi) is 2.11. The molecule has 0 spiro atoms. The summed E-state index contributed by atoms with van der Waals surface area (Å²) in [5.41, 5.74) is 6.11. The summed E-state index contributed by atoms with van der Waals surface area (Å²) in [5, 5.41) is 0.263. The van der Waals surface area contributed by atoms with Gasteiger partial charge in [0, 0.05) is 11.6 Å². The lowest BCUT2D eigenvalue weighted by atomic mass is 10.1. The third kappa shape index (κ3) is 1.24. The van der Waals surface area contributed by atoms with Gasteiger partial charge in [-0.05, 0) is 6.42 Å². The highest BCUT2D eigenvalue weighted by Crippen LogP contribution is 2.31. The number of aryl methyl sites for hydroxylation is 1. The van der Waals surface area contributed by atoms with Gasteiger partial charge in [-0.2, -0.15) is 0 Å². The topological polar surface area (TPSA) is 38.9 Å². The molecule has 0 aliphatic rings. The SMILES string of the molecule is CCc1c(F)cc(F)c2nc(N)sc12. The summed E-state index contributed by atoms with van der Waals surface area (Å²) in [6.07, 6.45) is 0.504. The van der Waals surface area contributed by atoms with Gasteiger partial charge >= 0.3 is 0 Å². The van der Waals surface area contributed by atoms with Gasteiger partial charge in [-0.3, -0.25) is 0 Å². The molecule has 0 aliphatic heterocycles. The van der Waals surface area contributed by atoms with Crippen LogP contribution in [0, 0.1) is 11.6 Å². The molecule has 0 bridgehead atoms. The number of anilines is 1. The average Bonchev–Trinajstić information content (AvgIpc) is 2.48. The Morgan fingerprint density at radius 2 is 2.14 bits per heavy atom. The van der Waals surface area contributed by atoms with Crippen molar-refractivity contribution in [3.63, 3.8) is 0 Å². The van der Waals surface area contributed by atoms with E-state index in [2.05, 4.69) is 4.98 Å². The van der Waals surface area contributed by atoms with Crippen molar-refractivity contribution in [2.24, 2.45) is 0 Å². The van der Waals surface area contributed by atoms with Crippen molar-refractivity contribution >= 4 is 26.7 Å². The van der Waals surface area contributed by atoms with Crippen molar-refractivity contribution in [3.8, 4) is 0 Å². The summed E-state index contributed by atoms with van der Waals surface area (Å²) in [4.78, 5) is 3.82. The molecule has 0 saturated heterocycles. The highest BCUT2D eigenvalue weighted by molar-refractivity contribution is 7.22. The Hall–Kier alpha value is -1.23. The van der Waals surface area contributed by atoms with Gasteiger partial charge in [0.05, 0.1) is 4.70 Å². The summed E-state index contributed by atoms with van der Waals surface area (Å²) in [6, 6.07) is 0.861. The molecule has 0 atom stereocenters. The minimum Gasteiger partial charge on any atom is -0.375 e. The lowest BCUT2D eigenvalue weighted by Gasteiger charge is -2.00. The number of nitrogen functional groups attached to an aromatic ring is 1. The van der Waals surface area contributed by atoms with Crippen molar-refractivity contribution in [1.29, 1.82) is 0 Å². The van der Waals surface area contributed by atoms with Gasteiger partial charge in [0.25, 0.3) is 0 Å². The number of fused-ring (bicyclic) bond motifs is 1. The Morgan fingerprint density at radius 1 is 1.43 bits per heavy atom. The molecule has 1 aromatic carbocycles. The normalized spacial score (nSPS) is 11.1. The van der Waals surface area contributed by atoms with E-state index in [1.165, 1.54) is 0 Å². The van der Waals surface area contributed by atoms with Crippen LogP contribution in [0.1, 0.15) is 12.5 Å². The summed E-state index contributed by atoms with van der Waals surface area (Å²) >= 11 is 1.12. The Bertz CT molecular complexity index is 493. The van der Waals surface area contributed by atoms with Gasteiger partial charge in [-0.1, -0.05) is 18.3 Å². The quantitative estimate of drug-likeness (QED) is 0.792. The number of benzene rings is 1. The number of thiazole rings is 1. The lowest BCUT2D eigenvalue weighted by molar-refractivity contribution is 0.582. The molecule has 5 heteroatoms. The third-order valence-corrected chi connectivity index (χ3v) is 2.98. The second kappa shape index (κ2) is 3.16. The van der Waals surface area contributed by atoms with Gasteiger partial charge in [0.2, 0.25) is 0 Å². The highest BCUT2D eigenvalue weighted by atomic mass is 32.1. The maximum absolute atomic E-state index is 13.3. The molecule has 74 valence electrons. The molecule has 2 rings (SSSR count). The average molecular weight is 214 g/mol. The zero-order valence-corrected chi connectivity index (χ0v) is 8.29. The van der Waals surface area contributed by atoms with E-state index in [9.17, 15) is 8.78 Å². The number of hydrogen-bond donors (Lipinski definition) is 1. The van der Waals surface area contributed by atoms with Crippen LogP contribution < -0.4 is 5.73 Å². The first kappa shape index (κ1) is 9.33. The summed E-state index contributed by atoms with van der Waals surface area (Å²) < 4.78 is 27.0. The zero-order chi connectivity index (χ0) is 10.3. The van der Waals surface area contributed by atoms with E-state index in [1.54, 1.807) is 0 Å². The van der Waals surface area contributed by atoms with Crippen LogP contribution in [0.2, 0.25) is 0 Å². The van der Waals surface area contributed by atoms with Crippen molar-refractivity contribution < 1.29 is 8.78 Å². The first-order chi connectivity index (χ1) is 6.63. The third-order valence-electron chi connectivity index (χ3n) is 2.04. The van der Waals surface area contributed by atoms with Crippen LogP contribution in [0.25, 0.3) is 10.2 Å². The molecular weight excluding hydrogens is 206 g/mol. The smallest absolute Gasteiger partial charge is 0.181 e. The maximum atomic E-state index is 13.3. The Labute approximate surface area is 83.4 Å². The summed E-state index contributed by atoms with van der Waals surface area (Å²) in [7, 11) is 0. The fourth-order valence-electron chi connectivity index (χ4n) is 1.41. The Balaban J connectivity index is 2.89. The van der Waals surface area contributed by atoms with Crippen LogP contribution in [0.5, 0.6) is 0 Å². The van der Waals surface area contributed by atoms with E-state index < -0.39 is 11.6 Å². The predicted octanol–water partition coefficient (Wildman–Crippen LogP) is 2.72. The van der Waals surface area contributed by atoms with E-state index in [4.69, 9.17) is 5.73 Å². The number of nitrogens with two attached hydrogens (primary N) is 1. The monoisotopic (exact) mass is 214 g/mol. The minimum absolute atomic E-state index is 0.172. The lowest BCUT2D eigenvalue weighted by Crippen LogP contribution is -1.91. The zero-order valence-electron chi connectivity index (χ0n) is 7.47. The van der Waals surface area contributed by atoms with Crippen molar-refractivity contribution in [2.75, 3.05) is 5.73 Å². The van der Waals surface area contributed by atoms with Crippen molar-refractivity contribution in [2.45, 2.75) is 13.3 Å². The Morgan fingerprint density at radius 3 is 2.79 bits per heavy atom. The summed E-state index contributed by atoms with van der Waals surface area (Å²) in [6.45, 7) is 1.81. The predicted molar refractivity (Wildman–Crippen MR) is 53.3 cm³/mol. The van der Waals surface area contributed by atoms with Gasteiger partial charge < -0.3 is 5.73 Å². The fraction of sp³-hybridized carbons (Fsp3) is 0.222. The van der Waals surface area contributed by atoms with Crippen LogP contribution in [-0.2, 0) is 6.42 Å². The summed E-state index contributed by atoms with van der Waals surface area (Å²) in [5.74, 6) is -1.18. The molecule has 0 fully saturated rings. The molecule has 0 aliphatic carbocycles. The van der Waals surface area contributed by atoms with E-state index >= 15 is 0 Å². The second-order valence-corrected chi connectivity index (χ2v) is 3.93. The molecule has 0 saturated carbocycles. The maximum Gasteiger partial charge on any atom is 0.181 e. The second-order valence-electron chi connectivity index (χ2n) is 2.90. The largest absolute Gasteiger partial charge is 0.375 e. The van der Waals surface area contributed by atoms with Crippen LogP contribution in [0.4, 0.5) is 13.9 Å². The van der Waals surface area contributed by atoms with Gasteiger partial charge in [-0.15, -0.1) is 0 Å². The van der Waals surface area contributed by atoms with Crippen LogP contribution in [0.15, 0.2) is 6.07 Å². The van der Waals surface area contributed by atoms with Gasteiger partial charge in [0.15, 0.2) is 10.9 Å². The molecular formula is C9H8F2N2S. The number of nitrogens with zero attached hydrogens (tertiary/aromatic N) is 1. The van der Waals surface area contributed by atoms with Crippen LogP contribution >= 0.6 is 11.3 Å². The van der Waals surface area contributed by atoms with E-state index in [0.717, 1.165) is 17.4 Å². The van der Waals surface area contributed by atoms with Crippen LogP contribution in [0.3, 0.4) is 0 Å². The minimum atomic E-state index is -0.650. The number of rotatable bonds is 1. The highest BCUT2D eigenvalue weighted by Gasteiger charge is 2.14. The van der Waals surface area contributed by atoms with E-state index in [1.807, 2.05) is 6.92 Å². The van der Waals surface area contributed by atoms with E-state index in [0.29, 0.717) is 16.7 Å². The fourth-order valence-corrected chi connectivity index (χ4v) is 2.36. The standard InChI is InChI=1S/C9H8F2N2S/c1-2-4-5(10)3-6(11)7-8(4)14-9(12)13-7/h3H,2H2,1H3,(H2,12,13). The van der Waals surface area contributed by atoms with Crippen molar-refractivity contribution in [3.05, 3.63) is 23.3 Å². The molecule has 0 unspecified atom stereocenters. The van der Waals surface area contributed by atoms with Gasteiger partial charge in [-0.25, -0.2) is 13.8 Å². The van der Waals surface area contributed by atoms with E-state index in [-0.39, 0.29) is 10.6 Å². The molecule has 0 radical (unpaired) electrons. The first-order valence-corrected chi connectivity index (χ1v) is 4.98. The van der Waals surface area contributed by atoms with Crippen molar-refractivity contribution in [1.82, 2.24) is 4.98 Å². The molecule has 2 aromatic rings. The molecule has 2 nitrogen and oxygen atoms in total. The first-order valence-electron chi connectivity index (χ1n) is 4.16. The number of halogens is 2. The molecule has 1 heterocycles. The number of aromatic nitrogens is 1. The van der Waals surface area contributed by atoms with Crippen LogP contribution in [-0.4, -0.2) is 4.98 Å². The molecule has 0 amide bonds. The molecule has 1 aromatic heterocycles. The molecule has 14 heavy (non-hydrogen) atoms.